The molecule has 2 aromatic heterocycles. The van der Waals surface area contributed by atoms with Gasteiger partial charge in [0.15, 0.2) is 4.87 Å². The minimum Gasteiger partial charge on any atom is -0.358 e. The molecule has 3 heterocycles. The minimum atomic E-state index is -4.34. The highest BCUT2D eigenvalue weighted by molar-refractivity contribution is 7.93. The molecule has 1 aliphatic heterocycles. The second kappa shape index (κ2) is 9.96. The number of aliphatic imine (C=N–C) groups is 1. The molecule has 2 aromatic carbocycles. The lowest BCUT2D eigenvalue weighted by Gasteiger charge is -2.24. The normalized spacial score (nSPS) is 16.7. The number of halogens is 2. The van der Waals surface area contributed by atoms with Gasteiger partial charge in [-0.2, -0.15) is 0 Å². The van der Waals surface area contributed by atoms with E-state index in [1.807, 2.05) is 0 Å². The van der Waals surface area contributed by atoms with E-state index >= 15 is 4.39 Å². The molecular weight excluding hydrogens is 531 g/mol. The number of carbonyl (C=O) groups is 1. The molecule has 0 bridgehead atoms. The summed E-state index contributed by atoms with van der Waals surface area (Å²) >= 11 is 5.87. The number of aromatic nitrogens is 2. The van der Waals surface area contributed by atoms with Crippen molar-refractivity contribution in [3.63, 3.8) is 0 Å². The first kappa shape index (κ1) is 25.5. The Hall–Kier alpha value is -4.15. The molecule has 192 valence electrons. The summed E-state index contributed by atoms with van der Waals surface area (Å²) in [6.45, 7) is 0.122. The van der Waals surface area contributed by atoms with Crippen molar-refractivity contribution in [3.8, 4) is 0 Å². The van der Waals surface area contributed by atoms with Crippen molar-refractivity contribution in [1.82, 2.24) is 15.3 Å². The SMILES string of the molecule is O=C(NCc1ccc(Cl)cc1)c1c[nH]c2c(F)cc(S(=O)(=O)C3(Cc4ccccn4)C=CC=N3)cc2c1=O. The zero-order chi connectivity index (χ0) is 26.9. The molecular formula is C27H20ClFN4O4S. The van der Waals surface area contributed by atoms with Crippen LogP contribution in [-0.4, -0.2) is 35.4 Å². The number of allylic oxidation sites excluding steroid dienone is 1. The Morgan fingerprint density at radius 2 is 1.92 bits per heavy atom. The first-order chi connectivity index (χ1) is 18.2. The maximum atomic E-state index is 15.1. The molecule has 1 aliphatic rings. The quantitative estimate of drug-likeness (QED) is 0.360. The summed E-state index contributed by atoms with van der Waals surface area (Å²) in [6.07, 6.45) is 6.80. The van der Waals surface area contributed by atoms with E-state index in [4.69, 9.17) is 11.6 Å². The molecule has 2 N–H and O–H groups in total. The van der Waals surface area contributed by atoms with E-state index in [0.29, 0.717) is 10.7 Å². The smallest absolute Gasteiger partial charge is 0.257 e. The predicted molar refractivity (Wildman–Crippen MR) is 143 cm³/mol. The maximum Gasteiger partial charge on any atom is 0.257 e. The van der Waals surface area contributed by atoms with Gasteiger partial charge in [-0.25, -0.2) is 12.8 Å². The van der Waals surface area contributed by atoms with Crippen molar-refractivity contribution >= 4 is 44.5 Å². The van der Waals surface area contributed by atoms with E-state index in [1.165, 1.54) is 24.6 Å². The zero-order valence-corrected chi connectivity index (χ0v) is 21.3. The number of sulfone groups is 1. The fraction of sp³-hybridized carbons (Fsp3) is 0.111. The number of aromatic amines is 1. The van der Waals surface area contributed by atoms with Crippen molar-refractivity contribution in [3.05, 3.63) is 117 Å². The van der Waals surface area contributed by atoms with Crippen LogP contribution in [0.25, 0.3) is 10.9 Å². The number of nitrogens with one attached hydrogen (secondary N) is 2. The molecule has 0 fully saturated rings. The minimum absolute atomic E-state index is 0.0909. The summed E-state index contributed by atoms with van der Waals surface area (Å²) in [6, 6.07) is 13.8. The van der Waals surface area contributed by atoms with Gasteiger partial charge in [-0.05, 0) is 54.1 Å². The number of pyridine rings is 2. The molecule has 0 saturated heterocycles. The Labute approximate surface area is 221 Å². The topological polar surface area (TPSA) is 121 Å². The lowest BCUT2D eigenvalue weighted by Crippen LogP contribution is -2.36. The van der Waals surface area contributed by atoms with Crippen LogP contribution in [-0.2, 0) is 22.8 Å². The highest BCUT2D eigenvalue weighted by atomic mass is 35.5. The summed E-state index contributed by atoms with van der Waals surface area (Å²) in [4.78, 5) is 34.8. The molecule has 1 unspecified atom stereocenters. The molecule has 8 nitrogen and oxygen atoms in total. The predicted octanol–water partition coefficient (Wildman–Crippen LogP) is 4.00. The van der Waals surface area contributed by atoms with Crippen molar-refractivity contribution < 1.29 is 17.6 Å². The van der Waals surface area contributed by atoms with E-state index in [0.717, 1.165) is 23.9 Å². The number of H-pyrrole nitrogens is 1. The Kier molecular flexibility index (Phi) is 6.68. The Bertz CT molecular complexity index is 1760. The fourth-order valence-corrected chi connectivity index (χ4v) is 6.06. The summed E-state index contributed by atoms with van der Waals surface area (Å²) in [5, 5.41) is 2.89. The van der Waals surface area contributed by atoms with Gasteiger partial charge < -0.3 is 10.3 Å². The number of hydrogen-bond donors (Lipinski definition) is 2. The van der Waals surface area contributed by atoms with E-state index in [1.54, 1.807) is 42.5 Å². The number of fused-ring (bicyclic) bond motifs is 1. The second-order valence-corrected chi connectivity index (χ2v) is 11.3. The van der Waals surface area contributed by atoms with Crippen LogP contribution >= 0.6 is 11.6 Å². The van der Waals surface area contributed by atoms with Crippen LogP contribution in [0.2, 0.25) is 5.02 Å². The van der Waals surface area contributed by atoms with Gasteiger partial charge in [0, 0.05) is 42.3 Å². The van der Waals surface area contributed by atoms with Crippen LogP contribution in [0.1, 0.15) is 21.6 Å². The summed E-state index contributed by atoms with van der Waals surface area (Å²) in [5.41, 5.74) is -0.0938. The van der Waals surface area contributed by atoms with Gasteiger partial charge in [-0.15, -0.1) is 0 Å². The van der Waals surface area contributed by atoms with Crippen molar-refractivity contribution in [2.45, 2.75) is 22.7 Å². The molecule has 0 saturated carbocycles. The summed E-state index contributed by atoms with van der Waals surface area (Å²) in [5.74, 6) is -1.66. The Morgan fingerprint density at radius 3 is 2.61 bits per heavy atom. The molecule has 0 radical (unpaired) electrons. The van der Waals surface area contributed by atoms with Crippen LogP contribution in [0.3, 0.4) is 0 Å². The lowest BCUT2D eigenvalue weighted by atomic mass is 10.1. The van der Waals surface area contributed by atoms with Gasteiger partial charge in [0.1, 0.15) is 11.4 Å². The lowest BCUT2D eigenvalue weighted by molar-refractivity contribution is 0.0949. The largest absolute Gasteiger partial charge is 0.358 e. The summed E-state index contributed by atoms with van der Waals surface area (Å²) in [7, 11) is -4.34. The number of amides is 1. The number of carbonyl (C=O) groups excluding carboxylic acids is 1. The fourth-order valence-electron chi connectivity index (χ4n) is 4.20. The van der Waals surface area contributed by atoms with Gasteiger partial charge in [-0.3, -0.25) is 19.6 Å². The first-order valence-electron chi connectivity index (χ1n) is 11.5. The number of benzene rings is 2. The van der Waals surface area contributed by atoms with Crippen LogP contribution in [0.4, 0.5) is 4.39 Å². The van der Waals surface area contributed by atoms with Crippen molar-refractivity contribution in [1.29, 1.82) is 0 Å². The number of nitrogens with zero attached hydrogens (tertiary/aromatic N) is 2. The molecule has 38 heavy (non-hydrogen) atoms. The Balaban J connectivity index is 1.52. The van der Waals surface area contributed by atoms with Gasteiger partial charge >= 0.3 is 0 Å². The maximum absolute atomic E-state index is 15.1. The van der Waals surface area contributed by atoms with Gasteiger partial charge in [-0.1, -0.05) is 29.8 Å². The average Bonchev–Trinajstić information content (AvgIpc) is 3.39. The van der Waals surface area contributed by atoms with Crippen LogP contribution in [0, 0.1) is 5.82 Å². The first-order valence-corrected chi connectivity index (χ1v) is 13.3. The highest BCUT2D eigenvalue weighted by Gasteiger charge is 2.44. The van der Waals surface area contributed by atoms with Gasteiger partial charge in [0.2, 0.25) is 15.3 Å². The molecule has 0 aliphatic carbocycles. The highest BCUT2D eigenvalue weighted by Crippen LogP contribution is 2.35. The van der Waals surface area contributed by atoms with Crippen LogP contribution in [0.5, 0.6) is 0 Å². The monoisotopic (exact) mass is 550 g/mol. The van der Waals surface area contributed by atoms with Crippen LogP contribution < -0.4 is 10.7 Å². The van der Waals surface area contributed by atoms with Crippen LogP contribution in [0.15, 0.2) is 93.8 Å². The molecule has 0 spiro atoms. The third-order valence-corrected chi connectivity index (χ3v) is 8.62. The van der Waals surface area contributed by atoms with Gasteiger partial charge in [0.25, 0.3) is 5.91 Å². The zero-order valence-electron chi connectivity index (χ0n) is 19.7. The van der Waals surface area contributed by atoms with E-state index in [9.17, 15) is 18.0 Å². The average molecular weight is 551 g/mol. The third kappa shape index (κ3) is 4.64. The second-order valence-electron chi connectivity index (χ2n) is 8.65. The number of rotatable bonds is 7. The van der Waals surface area contributed by atoms with E-state index in [2.05, 4.69) is 20.3 Å². The Morgan fingerprint density at radius 1 is 1.13 bits per heavy atom. The van der Waals surface area contributed by atoms with Crippen molar-refractivity contribution in [2.24, 2.45) is 4.99 Å². The molecule has 4 aromatic rings. The van der Waals surface area contributed by atoms with E-state index < -0.39 is 36.8 Å². The molecule has 5 rings (SSSR count). The number of hydrogen-bond acceptors (Lipinski definition) is 6. The molecule has 1 amide bonds. The third-order valence-electron chi connectivity index (χ3n) is 6.20. The van der Waals surface area contributed by atoms with E-state index in [-0.39, 0.29) is 29.4 Å². The summed E-state index contributed by atoms with van der Waals surface area (Å²) < 4.78 is 42.7. The van der Waals surface area contributed by atoms with Crippen molar-refractivity contribution in [2.75, 3.05) is 0 Å². The van der Waals surface area contributed by atoms with Gasteiger partial charge in [0.05, 0.1) is 15.8 Å². The standard InChI is InChI=1S/C27H20ClFN4O4S/c28-18-7-5-17(6-8-18)15-32-26(35)22-16-31-24-21(25(22)34)12-20(13-23(24)29)38(36,37)27(9-3-11-33-27)14-19-4-1-2-10-30-19/h1-13,16H,14-15H2,(H,31,34)(H,32,35). The molecule has 11 heteroatoms. The molecule has 1 atom stereocenters.